The zero-order chi connectivity index (χ0) is 18.7. The predicted molar refractivity (Wildman–Crippen MR) is 108 cm³/mol. The van der Waals surface area contributed by atoms with Gasteiger partial charge in [0.05, 0.1) is 5.69 Å². The standard InChI is InChI=1S/C21H25N3OS/c1-15-5-7-16(8-6-15)9-10-19(25)22-17-11-12-24(13-17)20-23-18(14-26-20)21(2,3)4/h5-8,14,17H,11-13H2,1-4H3,(H,22,25). The third-order valence-electron chi connectivity index (χ3n) is 4.43. The number of thiazole rings is 1. The fourth-order valence-electron chi connectivity index (χ4n) is 2.79. The van der Waals surface area contributed by atoms with Crippen LogP contribution in [0.25, 0.3) is 0 Å². The van der Waals surface area contributed by atoms with Gasteiger partial charge in [0.15, 0.2) is 5.13 Å². The van der Waals surface area contributed by atoms with Crippen LogP contribution in [0, 0.1) is 18.8 Å². The number of nitrogens with one attached hydrogen (secondary N) is 1. The molecule has 5 heteroatoms. The van der Waals surface area contributed by atoms with Crippen LogP contribution in [0.15, 0.2) is 29.6 Å². The molecule has 2 aromatic rings. The number of hydrogen-bond acceptors (Lipinski definition) is 4. The zero-order valence-corrected chi connectivity index (χ0v) is 16.6. The Morgan fingerprint density at radius 3 is 2.69 bits per heavy atom. The number of hydrogen-bond donors (Lipinski definition) is 1. The molecule has 2 heterocycles. The lowest BCUT2D eigenvalue weighted by molar-refractivity contribution is -0.116. The maximum atomic E-state index is 12.1. The van der Waals surface area contributed by atoms with Gasteiger partial charge < -0.3 is 10.2 Å². The SMILES string of the molecule is Cc1ccc(C#CC(=O)NC2CCN(c3nc(C(C)(C)C)cs3)C2)cc1. The summed E-state index contributed by atoms with van der Waals surface area (Å²) in [4.78, 5) is 19.1. The van der Waals surface area contributed by atoms with Gasteiger partial charge in [0, 0.05) is 41.4 Å². The molecule has 0 aliphatic carbocycles. The molecule has 1 unspecified atom stereocenters. The van der Waals surface area contributed by atoms with E-state index in [1.807, 2.05) is 31.2 Å². The summed E-state index contributed by atoms with van der Waals surface area (Å²) in [5.74, 6) is 5.40. The van der Waals surface area contributed by atoms with Gasteiger partial charge in [0.1, 0.15) is 0 Å². The first-order chi connectivity index (χ1) is 12.3. The summed E-state index contributed by atoms with van der Waals surface area (Å²) in [6.45, 7) is 10.2. The molecular weight excluding hydrogens is 342 g/mol. The van der Waals surface area contributed by atoms with Gasteiger partial charge in [-0.15, -0.1) is 11.3 Å². The molecule has 1 aliphatic rings. The summed E-state index contributed by atoms with van der Waals surface area (Å²) >= 11 is 1.68. The van der Waals surface area contributed by atoms with Gasteiger partial charge in [0.25, 0.3) is 5.91 Å². The normalized spacial score (nSPS) is 16.9. The smallest absolute Gasteiger partial charge is 0.296 e. The van der Waals surface area contributed by atoms with Crippen molar-refractivity contribution >= 4 is 22.4 Å². The molecule has 136 valence electrons. The van der Waals surface area contributed by atoms with E-state index in [9.17, 15) is 4.79 Å². The van der Waals surface area contributed by atoms with E-state index < -0.39 is 0 Å². The Morgan fingerprint density at radius 2 is 2.04 bits per heavy atom. The Balaban J connectivity index is 1.55. The van der Waals surface area contributed by atoms with Crippen LogP contribution in [0.5, 0.6) is 0 Å². The molecule has 1 fully saturated rings. The van der Waals surface area contributed by atoms with Gasteiger partial charge >= 0.3 is 0 Å². The number of anilines is 1. The molecule has 0 spiro atoms. The number of benzene rings is 1. The van der Waals surface area contributed by atoms with Crippen LogP contribution < -0.4 is 10.2 Å². The molecule has 1 aromatic heterocycles. The minimum atomic E-state index is -0.216. The third kappa shape index (κ3) is 4.64. The topological polar surface area (TPSA) is 45.2 Å². The van der Waals surface area contributed by atoms with Crippen molar-refractivity contribution in [3.05, 3.63) is 46.5 Å². The molecular formula is C21H25N3OS. The van der Waals surface area contributed by atoms with E-state index in [0.29, 0.717) is 0 Å². The molecule has 3 rings (SSSR count). The van der Waals surface area contributed by atoms with Gasteiger partial charge in [-0.2, -0.15) is 0 Å². The Labute approximate surface area is 159 Å². The van der Waals surface area contributed by atoms with E-state index in [1.54, 1.807) is 11.3 Å². The van der Waals surface area contributed by atoms with Gasteiger partial charge in [-0.25, -0.2) is 4.98 Å². The third-order valence-corrected chi connectivity index (χ3v) is 5.33. The highest BCUT2D eigenvalue weighted by molar-refractivity contribution is 7.13. The Kier molecular flexibility index (Phi) is 5.33. The van der Waals surface area contributed by atoms with Crippen molar-refractivity contribution in [1.29, 1.82) is 0 Å². The second-order valence-corrected chi connectivity index (χ2v) is 8.62. The van der Waals surface area contributed by atoms with Crippen molar-refractivity contribution in [1.82, 2.24) is 10.3 Å². The van der Waals surface area contributed by atoms with Crippen LogP contribution in [0.2, 0.25) is 0 Å². The lowest BCUT2D eigenvalue weighted by atomic mass is 9.93. The Hall–Kier alpha value is -2.32. The molecule has 0 radical (unpaired) electrons. The molecule has 1 amide bonds. The fraction of sp³-hybridized carbons (Fsp3) is 0.429. The average molecular weight is 368 g/mol. The number of aryl methyl sites for hydroxylation is 1. The second kappa shape index (κ2) is 7.51. The van der Waals surface area contributed by atoms with Crippen LogP contribution >= 0.6 is 11.3 Å². The van der Waals surface area contributed by atoms with Crippen molar-refractivity contribution < 1.29 is 4.79 Å². The summed E-state index contributed by atoms with van der Waals surface area (Å²) in [6.07, 6.45) is 0.919. The monoisotopic (exact) mass is 367 g/mol. The van der Waals surface area contributed by atoms with Crippen molar-refractivity contribution in [2.45, 2.75) is 45.6 Å². The summed E-state index contributed by atoms with van der Waals surface area (Å²) in [7, 11) is 0. The van der Waals surface area contributed by atoms with E-state index in [1.165, 1.54) is 5.56 Å². The Morgan fingerprint density at radius 1 is 1.31 bits per heavy atom. The average Bonchev–Trinajstić information content (AvgIpc) is 3.23. The highest BCUT2D eigenvalue weighted by Crippen LogP contribution is 2.30. The maximum Gasteiger partial charge on any atom is 0.296 e. The number of rotatable bonds is 2. The van der Waals surface area contributed by atoms with E-state index in [4.69, 9.17) is 4.98 Å². The van der Waals surface area contributed by atoms with Crippen LogP contribution in [-0.4, -0.2) is 30.0 Å². The fourth-order valence-corrected chi connectivity index (χ4v) is 3.88. The summed E-state index contributed by atoms with van der Waals surface area (Å²) < 4.78 is 0. The zero-order valence-electron chi connectivity index (χ0n) is 15.8. The number of amides is 1. The number of carbonyl (C=O) groups excluding carboxylic acids is 1. The van der Waals surface area contributed by atoms with Crippen LogP contribution in [0.1, 0.15) is 44.0 Å². The Bertz CT molecular complexity index is 837. The minimum absolute atomic E-state index is 0.0632. The van der Waals surface area contributed by atoms with Crippen molar-refractivity contribution in [2.24, 2.45) is 0 Å². The second-order valence-electron chi connectivity index (χ2n) is 7.79. The van der Waals surface area contributed by atoms with E-state index in [0.717, 1.165) is 35.9 Å². The molecule has 0 saturated carbocycles. The lowest BCUT2D eigenvalue weighted by Crippen LogP contribution is -2.36. The minimum Gasteiger partial charge on any atom is -0.346 e. The quantitative estimate of drug-likeness (QED) is 0.827. The molecule has 26 heavy (non-hydrogen) atoms. The molecule has 1 aliphatic heterocycles. The van der Waals surface area contributed by atoms with Crippen molar-refractivity contribution in [2.75, 3.05) is 18.0 Å². The van der Waals surface area contributed by atoms with Gasteiger partial charge in [-0.05, 0) is 25.5 Å². The van der Waals surface area contributed by atoms with Gasteiger partial charge in [0.2, 0.25) is 0 Å². The summed E-state index contributed by atoms with van der Waals surface area (Å²) in [6, 6.07) is 7.98. The maximum absolute atomic E-state index is 12.1. The first-order valence-electron chi connectivity index (χ1n) is 8.91. The highest BCUT2D eigenvalue weighted by atomic mass is 32.1. The molecule has 1 atom stereocenters. The van der Waals surface area contributed by atoms with Gasteiger partial charge in [-0.3, -0.25) is 4.79 Å². The molecule has 0 bridgehead atoms. The van der Waals surface area contributed by atoms with Crippen molar-refractivity contribution in [3.63, 3.8) is 0 Å². The molecule has 4 nitrogen and oxygen atoms in total. The van der Waals surface area contributed by atoms with Crippen LogP contribution in [0.3, 0.4) is 0 Å². The highest BCUT2D eigenvalue weighted by Gasteiger charge is 2.27. The first-order valence-corrected chi connectivity index (χ1v) is 9.79. The van der Waals surface area contributed by atoms with E-state index >= 15 is 0 Å². The molecule has 1 saturated heterocycles. The summed E-state index contributed by atoms with van der Waals surface area (Å²) in [5, 5.41) is 6.19. The number of aromatic nitrogens is 1. The summed E-state index contributed by atoms with van der Waals surface area (Å²) in [5.41, 5.74) is 3.22. The van der Waals surface area contributed by atoms with Gasteiger partial charge in [-0.1, -0.05) is 44.4 Å². The van der Waals surface area contributed by atoms with Crippen molar-refractivity contribution in [3.8, 4) is 11.8 Å². The van der Waals surface area contributed by atoms with Crippen LogP contribution in [0.4, 0.5) is 5.13 Å². The first kappa shape index (κ1) is 18.5. The largest absolute Gasteiger partial charge is 0.346 e. The molecule has 1 N–H and O–H groups in total. The van der Waals surface area contributed by atoms with E-state index in [2.05, 4.69) is 48.2 Å². The number of carbonyl (C=O) groups is 1. The molecule has 1 aromatic carbocycles. The predicted octanol–water partition coefficient (Wildman–Crippen LogP) is 3.50. The van der Waals surface area contributed by atoms with E-state index in [-0.39, 0.29) is 17.4 Å². The van der Waals surface area contributed by atoms with Crippen LogP contribution in [-0.2, 0) is 10.2 Å². The lowest BCUT2D eigenvalue weighted by Gasteiger charge is -2.17. The number of nitrogens with zero attached hydrogens (tertiary/aromatic N) is 2.